The van der Waals surface area contributed by atoms with E-state index in [1.165, 1.54) is 0 Å². The lowest BCUT2D eigenvalue weighted by molar-refractivity contribution is -0.122. The molecule has 0 aliphatic carbocycles. The van der Waals surface area contributed by atoms with Crippen LogP contribution >= 0.6 is 0 Å². The number of likely N-dealkylation sites (N-methyl/N-ethyl adjacent to an activating group) is 1. The predicted molar refractivity (Wildman–Crippen MR) is 64.5 cm³/mol. The number of amides is 1. The van der Waals surface area contributed by atoms with Crippen LogP contribution in [0.15, 0.2) is 22.8 Å². The molecule has 1 amide bonds. The second-order valence-electron chi connectivity index (χ2n) is 3.79. The molecule has 1 heterocycles. The molecule has 0 fully saturated rings. The maximum Gasteiger partial charge on any atom is 0.236 e. The van der Waals surface area contributed by atoms with E-state index < -0.39 is 0 Å². The molecule has 0 bridgehead atoms. The zero-order valence-electron chi connectivity index (χ0n) is 10.4. The van der Waals surface area contributed by atoms with Crippen molar-refractivity contribution in [2.24, 2.45) is 0 Å². The van der Waals surface area contributed by atoms with Gasteiger partial charge in [-0.1, -0.05) is 0 Å². The fraction of sp³-hybridized carbons (Fsp3) is 0.583. The summed E-state index contributed by atoms with van der Waals surface area (Å²) in [4.78, 5) is 11.4. The Hall–Kier alpha value is -1.33. The summed E-state index contributed by atoms with van der Waals surface area (Å²) >= 11 is 0. The second-order valence-corrected chi connectivity index (χ2v) is 3.79. The first-order chi connectivity index (χ1) is 8.24. The van der Waals surface area contributed by atoms with Gasteiger partial charge in [0, 0.05) is 13.2 Å². The van der Waals surface area contributed by atoms with Crippen LogP contribution in [-0.2, 0) is 16.1 Å². The zero-order chi connectivity index (χ0) is 12.5. The zero-order valence-corrected chi connectivity index (χ0v) is 10.4. The van der Waals surface area contributed by atoms with Gasteiger partial charge in [-0.25, -0.2) is 0 Å². The maximum absolute atomic E-state index is 11.4. The number of rotatable bonds is 8. The Balaban J connectivity index is 1.96. The lowest BCUT2D eigenvalue weighted by Gasteiger charge is -2.10. The molecule has 1 atom stereocenters. The van der Waals surface area contributed by atoms with Crippen LogP contribution in [0.4, 0.5) is 0 Å². The van der Waals surface area contributed by atoms with Gasteiger partial charge in [-0.05, 0) is 32.5 Å². The Morgan fingerprint density at radius 1 is 1.59 bits per heavy atom. The first-order valence-corrected chi connectivity index (χ1v) is 5.79. The quantitative estimate of drug-likeness (QED) is 0.663. The molecule has 1 unspecified atom stereocenters. The summed E-state index contributed by atoms with van der Waals surface area (Å²) in [5.41, 5.74) is 0. The Kier molecular flexibility index (Phi) is 6.35. The molecular weight excluding hydrogens is 220 g/mol. The molecule has 0 aromatic carbocycles. The summed E-state index contributed by atoms with van der Waals surface area (Å²) < 4.78 is 10.5. The molecule has 1 aromatic rings. The van der Waals surface area contributed by atoms with Crippen LogP contribution in [0.1, 0.15) is 19.1 Å². The summed E-state index contributed by atoms with van der Waals surface area (Å²) in [6, 6.07) is 3.55. The highest BCUT2D eigenvalue weighted by molar-refractivity contribution is 5.81. The first-order valence-electron chi connectivity index (χ1n) is 5.79. The van der Waals surface area contributed by atoms with Crippen LogP contribution < -0.4 is 10.6 Å². The van der Waals surface area contributed by atoms with Crippen molar-refractivity contribution in [3.05, 3.63) is 24.2 Å². The van der Waals surface area contributed by atoms with E-state index in [2.05, 4.69) is 10.6 Å². The van der Waals surface area contributed by atoms with Crippen molar-refractivity contribution in [3.63, 3.8) is 0 Å². The van der Waals surface area contributed by atoms with Crippen LogP contribution in [0, 0.1) is 0 Å². The first kappa shape index (κ1) is 13.7. The molecule has 5 heteroatoms. The molecule has 0 aliphatic heterocycles. The van der Waals surface area contributed by atoms with Gasteiger partial charge in [0.25, 0.3) is 0 Å². The molecule has 0 spiro atoms. The third kappa shape index (κ3) is 5.51. The number of ether oxygens (including phenoxy) is 1. The summed E-state index contributed by atoms with van der Waals surface area (Å²) in [6.45, 7) is 3.54. The van der Waals surface area contributed by atoms with Crippen LogP contribution in [0.25, 0.3) is 0 Å². The van der Waals surface area contributed by atoms with Crippen molar-refractivity contribution in [1.29, 1.82) is 0 Å². The Morgan fingerprint density at radius 3 is 3.06 bits per heavy atom. The van der Waals surface area contributed by atoms with Gasteiger partial charge in [-0.3, -0.25) is 4.79 Å². The van der Waals surface area contributed by atoms with Gasteiger partial charge in [0.15, 0.2) is 0 Å². The van der Waals surface area contributed by atoms with Crippen molar-refractivity contribution < 1.29 is 13.9 Å². The smallest absolute Gasteiger partial charge is 0.236 e. The van der Waals surface area contributed by atoms with E-state index in [4.69, 9.17) is 9.15 Å². The van der Waals surface area contributed by atoms with Gasteiger partial charge in [0.05, 0.1) is 12.3 Å². The average Bonchev–Trinajstić information content (AvgIpc) is 2.85. The minimum atomic E-state index is -0.154. The molecule has 5 nitrogen and oxygen atoms in total. The van der Waals surface area contributed by atoms with Gasteiger partial charge in [-0.15, -0.1) is 0 Å². The van der Waals surface area contributed by atoms with Crippen LogP contribution in [-0.4, -0.2) is 32.1 Å². The van der Waals surface area contributed by atoms with Crippen molar-refractivity contribution in [3.8, 4) is 0 Å². The topological polar surface area (TPSA) is 63.5 Å². The molecule has 17 heavy (non-hydrogen) atoms. The van der Waals surface area contributed by atoms with E-state index in [9.17, 15) is 4.79 Å². The molecule has 1 aromatic heterocycles. The summed E-state index contributed by atoms with van der Waals surface area (Å²) in [5.74, 6) is 0.830. The maximum atomic E-state index is 11.4. The number of nitrogens with one attached hydrogen (secondary N) is 2. The molecule has 0 aliphatic rings. The van der Waals surface area contributed by atoms with E-state index in [0.29, 0.717) is 19.8 Å². The van der Waals surface area contributed by atoms with Crippen molar-refractivity contribution >= 4 is 5.91 Å². The minimum Gasteiger partial charge on any atom is -0.467 e. The molecule has 1 rings (SSSR count). The van der Waals surface area contributed by atoms with Crippen LogP contribution in [0.5, 0.6) is 0 Å². The van der Waals surface area contributed by atoms with Crippen molar-refractivity contribution in [1.82, 2.24) is 10.6 Å². The lowest BCUT2D eigenvalue weighted by atomic mass is 10.3. The van der Waals surface area contributed by atoms with Gasteiger partial charge in [0.2, 0.25) is 5.91 Å². The summed E-state index contributed by atoms with van der Waals surface area (Å²) in [5, 5.41) is 5.70. The molecular formula is C12H20N2O3. The number of hydrogen-bond acceptors (Lipinski definition) is 4. The number of carbonyl (C=O) groups excluding carboxylic acids is 1. The van der Waals surface area contributed by atoms with E-state index in [1.54, 1.807) is 13.3 Å². The van der Waals surface area contributed by atoms with Gasteiger partial charge in [-0.2, -0.15) is 0 Å². The van der Waals surface area contributed by atoms with Crippen molar-refractivity contribution in [2.45, 2.75) is 26.0 Å². The summed E-state index contributed by atoms with van der Waals surface area (Å²) in [6.07, 6.45) is 2.42. The third-order valence-corrected chi connectivity index (χ3v) is 2.42. The van der Waals surface area contributed by atoms with Gasteiger partial charge in [0.1, 0.15) is 12.4 Å². The van der Waals surface area contributed by atoms with E-state index in [1.807, 2.05) is 19.1 Å². The monoisotopic (exact) mass is 240 g/mol. The number of furan rings is 1. The third-order valence-electron chi connectivity index (χ3n) is 2.42. The van der Waals surface area contributed by atoms with Gasteiger partial charge < -0.3 is 19.8 Å². The van der Waals surface area contributed by atoms with Crippen LogP contribution in [0.3, 0.4) is 0 Å². The fourth-order valence-corrected chi connectivity index (χ4v) is 1.24. The fourth-order valence-electron chi connectivity index (χ4n) is 1.24. The minimum absolute atomic E-state index is 0.0125. The predicted octanol–water partition coefficient (Wildman–Crippen LogP) is 0.910. The Morgan fingerprint density at radius 2 is 2.41 bits per heavy atom. The number of carbonyl (C=O) groups is 1. The summed E-state index contributed by atoms with van der Waals surface area (Å²) in [7, 11) is 1.76. The molecule has 0 saturated carbocycles. The average molecular weight is 240 g/mol. The highest BCUT2D eigenvalue weighted by Crippen LogP contribution is 2.01. The van der Waals surface area contributed by atoms with E-state index >= 15 is 0 Å². The molecule has 0 radical (unpaired) electrons. The largest absolute Gasteiger partial charge is 0.467 e. The molecule has 0 saturated heterocycles. The van der Waals surface area contributed by atoms with E-state index in [0.717, 1.165) is 12.2 Å². The van der Waals surface area contributed by atoms with Crippen molar-refractivity contribution in [2.75, 3.05) is 20.2 Å². The van der Waals surface area contributed by atoms with Gasteiger partial charge >= 0.3 is 0 Å². The van der Waals surface area contributed by atoms with E-state index in [-0.39, 0.29) is 11.9 Å². The lowest BCUT2D eigenvalue weighted by Crippen LogP contribution is -2.40. The SMILES string of the molecule is CNC(C)C(=O)NCCCOCc1ccco1. The highest BCUT2D eigenvalue weighted by Gasteiger charge is 2.08. The standard InChI is InChI=1S/C12H20N2O3/c1-10(13-2)12(15)14-6-4-7-16-9-11-5-3-8-17-11/h3,5,8,10,13H,4,6-7,9H2,1-2H3,(H,14,15). The molecule has 2 N–H and O–H groups in total. The normalized spacial score (nSPS) is 12.4. The highest BCUT2D eigenvalue weighted by atomic mass is 16.5. The Bertz CT molecular complexity index is 312. The molecule has 96 valence electrons. The number of hydrogen-bond donors (Lipinski definition) is 2. The van der Waals surface area contributed by atoms with Crippen LogP contribution in [0.2, 0.25) is 0 Å². The second kappa shape index (κ2) is 7.86. The Labute approximate surface area is 102 Å².